The van der Waals surface area contributed by atoms with Gasteiger partial charge in [-0.3, -0.25) is 0 Å². The first-order valence-electron chi connectivity index (χ1n) is 5.84. The fourth-order valence-corrected chi connectivity index (χ4v) is 2.41. The number of hydrogen-bond acceptors (Lipinski definition) is 3. The third-order valence-electron chi connectivity index (χ3n) is 2.88. The summed E-state index contributed by atoms with van der Waals surface area (Å²) in [7, 11) is 0. The van der Waals surface area contributed by atoms with E-state index in [1.54, 1.807) is 6.20 Å². The number of aliphatic imine (C=N–C) groups is 2. The lowest BCUT2D eigenvalue weighted by molar-refractivity contribution is 0.253. The summed E-state index contributed by atoms with van der Waals surface area (Å²) < 4.78 is 0.788. The van der Waals surface area contributed by atoms with Gasteiger partial charge in [-0.05, 0) is 27.9 Å². The molecule has 3 rings (SSSR count). The van der Waals surface area contributed by atoms with Crippen molar-refractivity contribution in [2.75, 3.05) is 6.54 Å². The minimum absolute atomic E-state index is 0.390. The SMILES string of the molecule is O=C1[N]C2=NC=C(Br)N(CCc3ccccc3)C2=N1. The summed E-state index contributed by atoms with van der Waals surface area (Å²) in [6, 6.07) is 9.66. The summed E-state index contributed by atoms with van der Waals surface area (Å²) in [6.45, 7) is 0.710. The second-order valence-electron chi connectivity index (χ2n) is 4.12. The third kappa shape index (κ3) is 2.44. The molecule has 0 saturated heterocycles. The molecule has 2 heterocycles. The van der Waals surface area contributed by atoms with E-state index in [4.69, 9.17) is 0 Å². The normalized spacial score (nSPS) is 17.4. The summed E-state index contributed by atoms with van der Waals surface area (Å²) >= 11 is 3.43. The molecule has 0 spiro atoms. The maximum absolute atomic E-state index is 11.2. The number of carbonyl (C=O) groups is 1. The van der Waals surface area contributed by atoms with Gasteiger partial charge in [0.1, 0.15) is 4.61 Å². The molecule has 1 aromatic rings. The van der Waals surface area contributed by atoms with Gasteiger partial charge < -0.3 is 4.90 Å². The van der Waals surface area contributed by atoms with Gasteiger partial charge in [0.2, 0.25) is 5.84 Å². The summed E-state index contributed by atoms with van der Waals surface area (Å²) in [6.07, 6.45) is 2.49. The van der Waals surface area contributed by atoms with Crippen molar-refractivity contribution in [3.8, 4) is 0 Å². The largest absolute Gasteiger partial charge is 0.371 e. The van der Waals surface area contributed by atoms with Crippen molar-refractivity contribution in [2.24, 2.45) is 9.98 Å². The van der Waals surface area contributed by atoms with Crippen LogP contribution in [0.2, 0.25) is 0 Å². The van der Waals surface area contributed by atoms with E-state index in [0.29, 0.717) is 18.2 Å². The molecule has 2 aliphatic heterocycles. The van der Waals surface area contributed by atoms with Gasteiger partial charge in [-0.2, -0.15) is 10.3 Å². The Morgan fingerprint density at radius 3 is 2.79 bits per heavy atom. The van der Waals surface area contributed by atoms with Gasteiger partial charge in [-0.15, -0.1) is 0 Å². The molecule has 0 N–H and O–H groups in total. The lowest BCUT2D eigenvalue weighted by Gasteiger charge is -2.25. The number of halogens is 1. The number of nitrogens with zero attached hydrogens (tertiary/aromatic N) is 4. The van der Waals surface area contributed by atoms with Crippen LogP contribution in [0.5, 0.6) is 0 Å². The van der Waals surface area contributed by atoms with Crippen LogP contribution >= 0.6 is 15.9 Å². The third-order valence-corrected chi connectivity index (χ3v) is 3.51. The fourth-order valence-electron chi connectivity index (χ4n) is 1.96. The Kier molecular flexibility index (Phi) is 3.16. The zero-order chi connectivity index (χ0) is 13.2. The molecule has 2 aliphatic rings. The Bertz CT molecular complexity index is 606. The standard InChI is InChI=1S/C13H10BrN4O/c14-10-8-15-11-12(17-13(19)16-11)18(10)7-6-9-4-2-1-3-5-9/h1-5,8H,6-7H2. The van der Waals surface area contributed by atoms with Gasteiger partial charge in [0.15, 0.2) is 5.84 Å². The number of fused-ring (bicyclic) bond motifs is 1. The highest BCUT2D eigenvalue weighted by Crippen LogP contribution is 2.21. The summed E-state index contributed by atoms with van der Waals surface area (Å²) in [5, 5.41) is 3.75. The Morgan fingerprint density at radius 2 is 2.00 bits per heavy atom. The molecule has 0 unspecified atom stereocenters. The predicted octanol–water partition coefficient (Wildman–Crippen LogP) is 2.27. The maximum Gasteiger partial charge on any atom is 0.371 e. The van der Waals surface area contributed by atoms with Crippen LogP contribution in [-0.4, -0.2) is 29.1 Å². The second-order valence-corrected chi connectivity index (χ2v) is 4.93. The van der Waals surface area contributed by atoms with Gasteiger partial charge in [0.05, 0.1) is 6.20 Å². The van der Waals surface area contributed by atoms with Crippen molar-refractivity contribution in [3.05, 3.63) is 46.7 Å². The molecule has 0 saturated carbocycles. The molecule has 0 aliphatic carbocycles. The summed E-state index contributed by atoms with van der Waals surface area (Å²) in [5.41, 5.74) is 1.23. The van der Waals surface area contributed by atoms with E-state index in [1.807, 2.05) is 23.1 Å². The van der Waals surface area contributed by atoms with Crippen LogP contribution in [0.15, 0.2) is 51.1 Å². The molecule has 0 bridgehead atoms. The second kappa shape index (κ2) is 4.97. The highest BCUT2D eigenvalue weighted by molar-refractivity contribution is 9.11. The van der Waals surface area contributed by atoms with Crippen molar-refractivity contribution in [1.82, 2.24) is 10.2 Å². The maximum atomic E-state index is 11.2. The molecule has 19 heavy (non-hydrogen) atoms. The van der Waals surface area contributed by atoms with E-state index in [9.17, 15) is 4.79 Å². The number of amidine groups is 2. The number of benzene rings is 1. The summed E-state index contributed by atoms with van der Waals surface area (Å²) in [4.78, 5) is 21.1. The Labute approximate surface area is 118 Å². The van der Waals surface area contributed by atoms with Gasteiger partial charge in [0.25, 0.3) is 0 Å². The number of urea groups is 1. The number of rotatable bonds is 3. The first-order chi connectivity index (χ1) is 9.24. The Hall–Kier alpha value is -1.95. The minimum atomic E-state index is -0.492. The van der Waals surface area contributed by atoms with E-state index in [1.165, 1.54) is 5.56 Å². The zero-order valence-electron chi connectivity index (χ0n) is 9.95. The predicted molar refractivity (Wildman–Crippen MR) is 76.3 cm³/mol. The number of amides is 2. The lowest BCUT2D eigenvalue weighted by atomic mass is 10.1. The molecule has 5 nitrogen and oxygen atoms in total. The first-order valence-corrected chi connectivity index (χ1v) is 6.63. The molecule has 2 amide bonds. The number of carbonyl (C=O) groups excluding carboxylic acids is 1. The van der Waals surface area contributed by atoms with Crippen LogP contribution in [0, 0.1) is 0 Å². The average molecular weight is 318 g/mol. The van der Waals surface area contributed by atoms with Crippen LogP contribution in [-0.2, 0) is 6.42 Å². The Balaban J connectivity index is 1.77. The lowest BCUT2D eigenvalue weighted by Crippen LogP contribution is -2.38. The highest BCUT2D eigenvalue weighted by atomic mass is 79.9. The number of hydrogen-bond donors (Lipinski definition) is 0. The van der Waals surface area contributed by atoms with E-state index < -0.39 is 6.03 Å². The molecule has 0 aromatic heterocycles. The monoisotopic (exact) mass is 317 g/mol. The van der Waals surface area contributed by atoms with Crippen molar-refractivity contribution in [2.45, 2.75) is 6.42 Å². The van der Waals surface area contributed by atoms with Crippen molar-refractivity contribution in [1.29, 1.82) is 0 Å². The van der Waals surface area contributed by atoms with Crippen LogP contribution in [0.4, 0.5) is 4.79 Å². The van der Waals surface area contributed by atoms with Gasteiger partial charge >= 0.3 is 6.03 Å². The molecular formula is C13H10BrN4O. The quantitative estimate of drug-likeness (QED) is 0.803. The molecule has 6 heteroatoms. The van der Waals surface area contributed by atoms with Crippen LogP contribution < -0.4 is 5.32 Å². The van der Waals surface area contributed by atoms with E-state index in [2.05, 4.69) is 43.4 Å². The van der Waals surface area contributed by atoms with E-state index >= 15 is 0 Å². The average Bonchev–Trinajstić information content (AvgIpc) is 2.79. The van der Waals surface area contributed by atoms with Crippen molar-refractivity contribution >= 4 is 33.6 Å². The fraction of sp³-hybridized carbons (Fsp3) is 0.154. The van der Waals surface area contributed by atoms with Crippen molar-refractivity contribution < 1.29 is 4.79 Å². The molecule has 1 aromatic carbocycles. The molecule has 95 valence electrons. The Morgan fingerprint density at radius 1 is 1.21 bits per heavy atom. The van der Waals surface area contributed by atoms with E-state index in [-0.39, 0.29) is 0 Å². The first kappa shape index (κ1) is 12.1. The van der Waals surface area contributed by atoms with Crippen molar-refractivity contribution in [3.63, 3.8) is 0 Å². The molecule has 0 atom stereocenters. The molecule has 0 fully saturated rings. The van der Waals surface area contributed by atoms with Gasteiger partial charge in [-0.1, -0.05) is 30.3 Å². The zero-order valence-corrected chi connectivity index (χ0v) is 11.5. The van der Waals surface area contributed by atoms with Gasteiger partial charge in [-0.25, -0.2) is 9.79 Å². The summed E-state index contributed by atoms with van der Waals surface area (Å²) in [5.74, 6) is 0.913. The smallest absolute Gasteiger partial charge is 0.316 e. The van der Waals surface area contributed by atoms with Crippen LogP contribution in [0.3, 0.4) is 0 Å². The topological polar surface area (TPSA) is 59.1 Å². The molecule has 1 radical (unpaired) electrons. The van der Waals surface area contributed by atoms with Crippen LogP contribution in [0.1, 0.15) is 5.56 Å². The van der Waals surface area contributed by atoms with E-state index in [0.717, 1.165) is 11.0 Å². The van der Waals surface area contributed by atoms with Gasteiger partial charge in [0, 0.05) is 6.54 Å². The minimum Gasteiger partial charge on any atom is -0.316 e. The van der Waals surface area contributed by atoms with Crippen LogP contribution in [0.25, 0.3) is 0 Å². The molecular weight excluding hydrogens is 308 g/mol. The highest BCUT2D eigenvalue weighted by Gasteiger charge is 2.31.